The molecule has 9 heteroatoms. The van der Waals surface area contributed by atoms with Crippen molar-refractivity contribution in [1.82, 2.24) is 19.6 Å². The van der Waals surface area contributed by atoms with Gasteiger partial charge >= 0.3 is 0 Å². The molecule has 1 amide bonds. The van der Waals surface area contributed by atoms with Crippen molar-refractivity contribution in [2.45, 2.75) is 19.8 Å². The van der Waals surface area contributed by atoms with E-state index in [1.54, 1.807) is 4.52 Å². The van der Waals surface area contributed by atoms with Gasteiger partial charge in [0.2, 0.25) is 5.91 Å². The fourth-order valence-corrected chi connectivity index (χ4v) is 3.36. The van der Waals surface area contributed by atoms with E-state index < -0.39 is 11.6 Å². The smallest absolute Gasteiger partial charge is 0.254 e. The molecule has 1 aliphatic heterocycles. The van der Waals surface area contributed by atoms with Gasteiger partial charge in [0.05, 0.1) is 11.6 Å². The number of aryl methyl sites for hydroxylation is 1. The van der Waals surface area contributed by atoms with Crippen LogP contribution >= 0.6 is 0 Å². The van der Waals surface area contributed by atoms with Gasteiger partial charge < -0.3 is 10.2 Å². The summed E-state index contributed by atoms with van der Waals surface area (Å²) in [4.78, 5) is 23.1. The molecule has 1 atom stereocenters. The van der Waals surface area contributed by atoms with Crippen molar-refractivity contribution >= 4 is 23.2 Å². The molecule has 1 aliphatic rings. The molecular weight excluding hydrogens is 354 g/mol. The minimum atomic E-state index is -0.787. The van der Waals surface area contributed by atoms with Crippen LogP contribution in [0.3, 0.4) is 0 Å². The minimum absolute atomic E-state index is 0.0167. The van der Waals surface area contributed by atoms with E-state index >= 15 is 0 Å². The van der Waals surface area contributed by atoms with Crippen molar-refractivity contribution < 1.29 is 13.6 Å². The summed E-state index contributed by atoms with van der Waals surface area (Å²) in [5.74, 6) is -0.754. The van der Waals surface area contributed by atoms with Crippen LogP contribution in [0.15, 0.2) is 30.6 Å². The first-order valence-electron chi connectivity index (χ1n) is 8.69. The van der Waals surface area contributed by atoms with Crippen LogP contribution < -0.4 is 10.2 Å². The number of hydrogen-bond donors (Lipinski definition) is 1. The number of amides is 1. The second-order valence-corrected chi connectivity index (χ2v) is 6.63. The van der Waals surface area contributed by atoms with E-state index in [-0.39, 0.29) is 17.5 Å². The van der Waals surface area contributed by atoms with E-state index in [1.807, 2.05) is 13.0 Å². The van der Waals surface area contributed by atoms with E-state index in [1.165, 1.54) is 12.4 Å². The molecule has 2 aromatic heterocycles. The maximum atomic E-state index is 13.8. The largest absolute Gasteiger partial charge is 0.356 e. The summed E-state index contributed by atoms with van der Waals surface area (Å²) in [6.07, 6.45) is 2.94. The number of piperidine rings is 1. The van der Waals surface area contributed by atoms with Crippen molar-refractivity contribution in [2.24, 2.45) is 5.92 Å². The first kappa shape index (κ1) is 17.3. The summed E-state index contributed by atoms with van der Waals surface area (Å²) >= 11 is 0. The number of rotatable bonds is 3. The number of anilines is 2. The summed E-state index contributed by atoms with van der Waals surface area (Å²) in [5, 5.41) is 6.78. The lowest BCUT2D eigenvalue weighted by molar-refractivity contribution is -0.120. The molecule has 140 valence electrons. The lowest BCUT2D eigenvalue weighted by atomic mass is 9.97. The number of benzene rings is 1. The lowest BCUT2D eigenvalue weighted by Crippen LogP contribution is -2.41. The van der Waals surface area contributed by atoms with Crippen LogP contribution in [0.4, 0.5) is 20.3 Å². The third-order valence-electron chi connectivity index (χ3n) is 4.67. The number of fused-ring (bicyclic) bond motifs is 1. The van der Waals surface area contributed by atoms with Gasteiger partial charge in [0.15, 0.2) is 0 Å². The van der Waals surface area contributed by atoms with Crippen LogP contribution in [0.2, 0.25) is 0 Å². The molecule has 3 aromatic rings. The van der Waals surface area contributed by atoms with E-state index in [2.05, 4.69) is 25.3 Å². The summed E-state index contributed by atoms with van der Waals surface area (Å²) in [7, 11) is 0. The normalized spacial score (nSPS) is 17.3. The summed E-state index contributed by atoms with van der Waals surface area (Å²) in [6, 6.07) is 5.01. The SMILES string of the molecule is Cc1cc(N2CCCC(C(=O)Nc3ccc(F)cc3F)C2)n2ncnc2n1. The summed E-state index contributed by atoms with van der Waals surface area (Å²) < 4.78 is 28.5. The van der Waals surface area contributed by atoms with Gasteiger partial charge in [-0.05, 0) is 31.9 Å². The molecule has 1 unspecified atom stereocenters. The molecule has 0 spiro atoms. The number of carbonyl (C=O) groups is 1. The Bertz CT molecular complexity index is 1000. The molecule has 27 heavy (non-hydrogen) atoms. The molecule has 0 aliphatic carbocycles. The van der Waals surface area contributed by atoms with E-state index in [0.29, 0.717) is 18.7 Å². The van der Waals surface area contributed by atoms with Crippen molar-refractivity contribution in [2.75, 3.05) is 23.3 Å². The van der Waals surface area contributed by atoms with E-state index in [9.17, 15) is 13.6 Å². The zero-order chi connectivity index (χ0) is 19.0. The Hall–Kier alpha value is -3.10. The van der Waals surface area contributed by atoms with Crippen LogP contribution in [0, 0.1) is 24.5 Å². The maximum Gasteiger partial charge on any atom is 0.254 e. The monoisotopic (exact) mass is 372 g/mol. The summed E-state index contributed by atoms with van der Waals surface area (Å²) in [5.41, 5.74) is 0.794. The molecule has 1 aromatic carbocycles. The van der Waals surface area contributed by atoms with Crippen LogP contribution in [0.1, 0.15) is 18.5 Å². The van der Waals surface area contributed by atoms with Crippen molar-refractivity contribution in [3.8, 4) is 0 Å². The second kappa shape index (κ2) is 6.90. The number of aromatic nitrogens is 4. The molecule has 1 N–H and O–H groups in total. The highest BCUT2D eigenvalue weighted by atomic mass is 19.1. The number of nitrogens with one attached hydrogen (secondary N) is 1. The predicted molar refractivity (Wildman–Crippen MR) is 95.4 cm³/mol. The highest BCUT2D eigenvalue weighted by Gasteiger charge is 2.28. The van der Waals surface area contributed by atoms with Gasteiger partial charge in [0.1, 0.15) is 23.8 Å². The Kier molecular flexibility index (Phi) is 4.43. The molecule has 7 nitrogen and oxygen atoms in total. The van der Waals surface area contributed by atoms with Gasteiger partial charge in [0.25, 0.3) is 5.78 Å². The zero-order valence-electron chi connectivity index (χ0n) is 14.7. The average molecular weight is 372 g/mol. The van der Waals surface area contributed by atoms with Gasteiger partial charge in [-0.15, -0.1) is 0 Å². The van der Waals surface area contributed by atoms with Gasteiger partial charge in [-0.2, -0.15) is 14.6 Å². The predicted octanol–water partition coefficient (Wildman–Crippen LogP) is 2.57. The Morgan fingerprint density at radius 1 is 1.30 bits per heavy atom. The van der Waals surface area contributed by atoms with Crippen molar-refractivity contribution in [1.29, 1.82) is 0 Å². The van der Waals surface area contributed by atoms with Crippen molar-refractivity contribution in [3.63, 3.8) is 0 Å². The van der Waals surface area contributed by atoms with Crippen LogP contribution in [0.25, 0.3) is 5.78 Å². The van der Waals surface area contributed by atoms with Crippen LogP contribution in [-0.4, -0.2) is 38.6 Å². The summed E-state index contributed by atoms with van der Waals surface area (Å²) in [6.45, 7) is 3.11. The van der Waals surface area contributed by atoms with Crippen molar-refractivity contribution in [3.05, 3.63) is 47.9 Å². The zero-order valence-corrected chi connectivity index (χ0v) is 14.7. The first-order valence-corrected chi connectivity index (χ1v) is 8.69. The molecule has 0 bridgehead atoms. The topological polar surface area (TPSA) is 75.4 Å². The lowest BCUT2D eigenvalue weighted by Gasteiger charge is -2.33. The fraction of sp³-hybridized carbons (Fsp3) is 0.333. The molecular formula is C18H18F2N6O. The molecule has 1 fully saturated rings. The van der Waals surface area contributed by atoms with E-state index in [0.717, 1.165) is 36.6 Å². The quantitative estimate of drug-likeness (QED) is 0.765. The Morgan fingerprint density at radius 2 is 2.15 bits per heavy atom. The highest BCUT2D eigenvalue weighted by Crippen LogP contribution is 2.25. The van der Waals surface area contributed by atoms with Gasteiger partial charge in [-0.3, -0.25) is 4.79 Å². The molecule has 3 heterocycles. The minimum Gasteiger partial charge on any atom is -0.356 e. The molecule has 0 radical (unpaired) electrons. The first-order chi connectivity index (χ1) is 13.0. The van der Waals surface area contributed by atoms with E-state index in [4.69, 9.17) is 0 Å². The van der Waals surface area contributed by atoms with Gasteiger partial charge in [0, 0.05) is 30.9 Å². The third-order valence-corrected chi connectivity index (χ3v) is 4.67. The highest BCUT2D eigenvalue weighted by molar-refractivity contribution is 5.93. The Morgan fingerprint density at radius 3 is 2.96 bits per heavy atom. The van der Waals surface area contributed by atoms with Crippen LogP contribution in [-0.2, 0) is 4.79 Å². The number of carbonyl (C=O) groups excluding carboxylic acids is 1. The maximum absolute atomic E-state index is 13.8. The van der Waals surface area contributed by atoms with Gasteiger partial charge in [-0.25, -0.2) is 13.8 Å². The average Bonchev–Trinajstić information content (AvgIpc) is 3.11. The number of nitrogens with zero attached hydrogens (tertiary/aromatic N) is 5. The molecule has 1 saturated heterocycles. The fourth-order valence-electron chi connectivity index (χ4n) is 3.36. The van der Waals surface area contributed by atoms with Gasteiger partial charge in [-0.1, -0.05) is 0 Å². The standard InChI is InChI=1S/C18H18F2N6O/c1-11-7-16(26-18(23-11)21-10-22-26)25-6-2-3-12(9-25)17(27)24-15-5-4-13(19)8-14(15)20/h4-5,7-8,10,12H,2-3,6,9H2,1H3,(H,24,27). The number of hydrogen-bond acceptors (Lipinski definition) is 5. The molecule has 0 saturated carbocycles. The second-order valence-electron chi connectivity index (χ2n) is 6.63. The number of halogens is 2. The Balaban J connectivity index is 1.53. The van der Waals surface area contributed by atoms with Crippen LogP contribution in [0.5, 0.6) is 0 Å². The Labute approximate surface area is 154 Å². The molecule has 4 rings (SSSR count). The third kappa shape index (κ3) is 3.44.